The molecule has 7 rings (SSSR count). The van der Waals surface area contributed by atoms with Crippen LogP contribution in [-0.4, -0.2) is 65.1 Å². The van der Waals surface area contributed by atoms with Crippen molar-refractivity contribution >= 4 is 0 Å². The highest BCUT2D eigenvalue weighted by Crippen LogP contribution is 2.58. The third-order valence-electron chi connectivity index (χ3n) is 9.41. The van der Waals surface area contributed by atoms with Crippen molar-refractivity contribution in [3.05, 3.63) is 82.9 Å². The second-order valence-corrected chi connectivity index (χ2v) is 13.1. The van der Waals surface area contributed by atoms with Gasteiger partial charge in [-0.15, -0.1) is 0 Å². The van der Waals surface area contributed by atoms with Crippen LogP contribution in [0.5, 0.6) is 23.0 Å². The third-order valence-corrected chi connectivity index (χ3v) is 9.41. The van der Waals surface area contributed by atoms with E-state index in [0.29, 0.717) is 63.7 Å². The Hall–Kier alpha value is -3.30. The molecule has 0 amide bonds. The predicted octanol–water partition coefficient (Wildman–Crippen LogP) is 7.36. The molecule has 3 fully saturated rings. The summed E-state index contributed by atoms with van der Waals surface area (Å²) in [5, 5.41) is 0. The fraction of sp³-hybridized carbons (Fsp3) is 0.538. The zero-order chi connectivity index (χ0) is 31.7. The lowest BCUT2D eigenvalue weighted by molar-refractivity contribution is 0.110. The molecule has 2 aliphatic carbocycles. The van der Waals surface area contributed by atoms with Crippen molar-refractivity contribution in [1.29, 1.82) is 0 Å². The largest absolute Gasteiger partial charge is 0.494 e. The lowest BCUT2D eigenvalue weighted by atomic mass is 9.90. The smallest absolute Gasteiger partial charge is 0.123 e. The van der Waals surface area contributed by atoms with Gasteiger partial charge in [0.05, 0.1) is 39.6 Å². The van der Waals surface area contributed by atoms with Gasteiger partial charge >= 0.3 is 0 Å². The standard InChI is InChI=1S/C39H48O8/c1(17-40-24-34-26-44-34)3-19-42-32-11-5-28(6-12-32)22-46-36-15-16-37(39-31-10-9-30(21-31)38(36)39)47-23-29-7-13-33(14-8-29)43-20-4-2-18-41-25-35-27-45-35/h5-8,11-16,30-31,34-35H,1-4,9-10,17-27H2. The van der Waals surface area contributed by atoms with Crippen LogP contribution in [0.15, 0.2) is 60.7 Å². The lowest BCUT2D eigenvalue weighted by Crippen LogP contribution is -2.07. The zero-order valence-corrected chi connectivity index (χ0v) is 27.4. The van der Waals surface area contributed by atoms with E-state index in [9.17, 15) is 0 Å². The van der Waals surface area contributed by atoms with E-state index in [0.717, 1.165) is 86.2 Å². The molecule has 2 saturated heterocycles. The highest BCUT2D eigenvalue weighted by Gasteiger charge is 2.41. The minimum Gasteiger partial charge on any atom is -0.494 e. The number of hydrogen-bond donors (Lipinski definition) is 0. The molecule has 2 bridgehead atoms. The van der Waals surface area contributed by atoms with Crippen molar-refractivity contribution in [2.24, 2.45) is 0 Å². The summed E-state index contributed by atoms with van der Waals surface area (Å²) in [5.41, 5.74) is 4.99. The van der Waals surface area contributed by atoms with Crippen LogP contribution in [0, 0.1) is 0 Å². The van der Waals surface area contributed by atoms with Crippen LogP contribution < -0.4 is 18.9 Å². The number of benzene rings is 3. The summed E-state index contributed by atoms with van der Waals surface area (Å²) in [6, 6.07) is 20.7. The third kappa shape index (κ3) is 9.41. The van der Waals surface area contributed by atoms with Gasteiger partial charge in [-0.3, -0.25) is 0 Å². The Morgan fingerprint density at radius 3 is 1.36 bits per heavy atom. The average Bonchev–Trinajstić information content (AvgIpc) is 4.04. The van der Waals surface area contributed by atoms with Gasteiger partial charge in [-0.05, 0) is 104 Å². The first-order valence-electron chi connectivity index (χ1n) is 17.5. The van der Waals surface area contributed by atoms with Crippen molar-refractivity contribution in [3.8, 4) is 23.0 Å². The van der Waals surface area contributed by atoms with Crippen LogP contribution in [0.1, 0.15) is 79.0 Å². The maximum Gasteiger partial charge on any atom is 0.123 e. The number of fused-ring (bicyclic) bond motifs is 5. The van der Waals surface area contributed by atoms with Crippen molar-refractivity contribution < 1.29 is 37.9 Å². The number of ether oxygens (including phenoxy) is 8. The van der Waals surface area contributed by atoms with E-state index in [-0.39, 0.29) is 0 Å². The van der Waals surface area contributed by atoms with Crippen molar-refractivity contribution in [2.45, 2.75) is 82.2 Å². The second-order valence-electron chi connectivity index (χ2n) is 13.1. The molecule has 0 spiro atoms. The van der Waals surface area contributed by atoms with Gasteiger partial charge in [0.2, 0.25) is 0 Å². The van der Waals surface area contributed by atoms with E-state index in [1.807, 2.05) is 24.3 Å². The van der Waals surface area contributed by atoms with Gasteiger partial charge in [-0.2, -0.15) is 0 Å². The fourth-order valence-corrected chi connectivity index (χ4v) is 6.63. The molecule has 0 radical (unpaired) electrons. The van der Waals surface area contributed by atoms with Gasteiger partial charge in [0.1, 0.15) is 48.4 Å². The van der Waals surface area contributed by atoms with Crippen LogP contribution in [0.25, 0.3) is 0 Å². The molecule has 4 aliphatic rings. The first-order chi connectivity index (χ1) is 23.3. The van der Waals surface area contributed by atoms with E-state index in [1.165, 1.54) is 30.4 Å². The molecule has 0 aromatic heterocycles. The Balaban J connectivity index is 0.848. The predicted molar refractivity (Wildman–Crippen MR) is 178 cm³/mol. The summed E-state index contributed by atoms with van der Waals surface area (Å²) >= 11 is 0. The molecule has 0 N–H and O–H groups in total. The highest BCUT2D eigenvalue weighted by atomic mass is 16.6. The summed E-state index contributed by atoms with van der Waals surface area (Å²) in [6.45, 7) is 7.09. The van der Waals surface area contributed by atoms with E-state index in [1.54, 1.807) is 0 Å². The molecular weight excluding hydrogens is 596 g/mol. The van der Waals surface area contributed by atoms with Crippen molar-refractivity contribution in [2.75, 3.05) is 52.9 Å². The van der Waals surface area contributed by atoms with Crippen LogP contribution in [0.3, 0.4) is 0 Å². The number of unbranched alkanes of at least 4 members (excludes halogenated alkanes) is 2. The van der Waals surface area contributed by atoms with E-state index in [4.69, 9.17) is 37.9 Å². The Bertz CT molecular complexity index is 1290. The Kier molecular flexibility index (Phi) is 11.1. The summed E-state index contributed by atoms with van der Waals surface area (Å²) in [6.07, 6.45) is 8.25. The maximum absolute atomic E-state index is 6.44. The first-order valence-corrected chi connectivity index (χ1v) is 17.5. The normalized spacial score (nSPS) is 21.8. The monoisotopic (exact) mass is 644 g/mol. The zero-order valence-electron chi connectivity index (χ0n) is 27.4. The summed E-state index contributed by atoms with van der Waals surface area (Å²) in [5.74, 6) is 4.90. The highest BCUT2D eigenvalue weighted by molar-refractivity contribution is 5.57. The lowest BCUT2D eigenvalue weighted by Gasteiger charge is -2.22. The van der Waals surface area contributed by atoms with Crippen molar-refractivity contribution in [3.63, 3.8) is 0 Å². The Morgan fingerprint density at radius 1 is 0.511 bits per heavy atom. The van der Waals surface area contributed by atoms with Crippen LogP contribution in [0.2, 0.25) is 0 Å². The maximum atomic E-state index is 6.44. The fourth-order valence-electron chi connectivity index (χ4n) is 6.63. The Labute approximate surface area is 278 Å². The quantitative estimate of drug-likeness (QED) is 0.0830. The molecular formula is C39H48O8. The van der Waals surface area contributed by atoms with E-state index >= 15 is 0 Å². The second kappa shape index (κ2) is 16.2. The summed E-state index contributed by atoms with van der Waals surface area (Å²) < 4.78 is 46.2. The van der Waals surface area contributed by atoms with Crippen molar-refractivity contribution in [1.82, 2.24) is 0 Å². The van der Waals surface area contributed by atoms with Crippen LogP contribution in [0.4, 0.5) is 0 Å². The molecule has 4 atom stereocenters. The van der Waals surface area contributed by atoms with Crippen LogP contribution >= 0.6 is 0 Å². The summed E-state index contributed by atoms with van der Waals surface area (Å²) in [7, 11) is 0. The first kappa shape index (κ1) is 32.3. The minimum absolute atomic E-state index is 0.332. The minimum atomic E-state index is 0.332. The topological polar surface area (TPSA) is 80.4 Å². The van der Waals surface area contributed by atoms with E-state index < -0.39 is 0 Å². The number of rotatable bonds is 22. The van der Waals surface area contributed by atoms with Gasteiger partial charge in [-0.1, -0.05) is 24.3 Å². The van der Waals surface area contributed by atoms with Crippen LogP contribution in [-0.2, 0) is 32.2 Å². The van der Waals surface area contributed by atoms with Gasteiger partial charge in [0.15, 0.2) is 0 Å². The molecule has 47 heavy (non-hydrogen) atoms. The molecule has 8 heteroatoms. The molecule has 2 aliphatic heterocycles. The molecule has 8 nitrogen and oxygen atoms in total. The van der Waals surface area contributed by atoms with Gasteiger partial charge in [0, 0.05) is 24.3 Å². The van der Waals surface area contributed by atoms with Gasteiger partial charge < -0.3 is 37.9 Å². The molecule has 3 aromatic rings. The number of hydrogen-bond acceptors (Lipinski definition) is 8. The molecule has 3 aromatic carbocycles. The average molecular weight is 645 g/mol. The summed E-state index contributed by atoms with van der Waals surface area (Å²) in [4.78, 5) is 0. The van der Waals surface area contributed by atoms with Gasteiger partial charge in [0.25, 0.3) is 0 Å². The SMILES string of the molecule is c1cc(OCCCCOCC2CO2)ccc1COc1ccc(OCc2ccc(OCCCCOCC3CO3)cc2)c2c1C1CCC2C1. The molecule has 2 heterocycles. The molecule has 4 unspecified atom stereocenters. The molecule has 1 saturated carbocycles. The van der Waals surface area contributed by atoms with Gasteiger partial charge in [-0.25, -0.2) is 0 Å². The Morgan fingerprint density at radius 2 is 0.936 bits per heavy atom. The van der Waals surface area contributed by atoms with E-state index in [2.05, 4.69) is 36.4 Å². The molecule has 252 valence electrons. The number of epoxide rings is 2.